The van der Waals surface area contributed by atoms with Crippen LogP contribution in [0.5, 0.6) is 0 Å². The third-order valence-corrected chi connectivity index (χ3v) is 3.79. The minimum atomic E-state index is 0.655. The largest absolute Gasteiger partial charge is 0.314 e. The number of pyridine rings is 1. The second-order valence-corrected chi connectivity index (χ2v) is 5.58. The van der Waals surface area contributed by atoms with Crippen LogP contribution in [0.2, 0.25) is 0 Å². The van der Waals surface area contributed by atoms with Crippen LogP contribution in [0.25, 0.3) is 0 Å². The molecule has 1 saturated heterocycles. The van der Waals surface area contributed by atoms with Crippen molar-refractivity contribution in [3.05, 3.63) is 26.9 Å². The summed E-state index contributed by atoms with van der Waals surface area (Å²) in [6.07, 6.45) is 1.84. The molecule has 0 radical (unpaired) electrons. The molecule has 82 valence electrons. The molecular formula is C10H13Br2N3. The zero-order valence-corrected chi connectivity index (χ0v) is 11.7. The number of nitrogens with one attached hydrogen (secondary N) is 1. The van der Waals surface area contributed by atoms with Gasteiger partial charge in [-0.2, -0.15) is 0 Å². The van der Waals surface area contributed by atoms with E-state index < -0.39 is 0 Å². The zero-order valence-electron chi connectivity index (χ0n) is 8.50. The van der Waals surface area contributed by atoms with Gasteiger partial charge >= 0.3 is 0 Å². The van der Waals surface area contributed by atoms with Gasteiger partial charge in [-0.05, 0) is 45.0 Å². The van der Waals surface area contributed by atoms with Crippen LogP contribution >= 0.6 is 31.9 Å². The van der Waals surface area contributed by atoms with Gasteiger partial charge in [0.15, 0.2) is 0 Å². The Morgan fingerprint density at radius 2 is 2.27 bits per heavy atom. The third-order valence-electron chi connectivity index (χ3n) is 2.67. The van der Waals surface area contributed by atoms with Gasteiger partial charge in [-0.25, -0.2) is 0 Å². The normalized spacial score (nSPS) is 16.8. The van der Waals surface area contributed by atoms with E-state index in [9.17, 15) is 0 Å². The Morgan fingerprint density at radius 1 is 1.53 bits per heavy atom. The van der Waals surface area contributed by atoms with Crippen LogP contribution in [0.3, 0.4) is 0 Å². The highest BCUT2D eigenvalue weighted by molar-refractivity contribution is 9.11. The summed E-state index contributed by atoms with van der Waals surface area (Å²) in [4.78, 5) is 6.73. The number of nitrogens with zero attached hydrogens (tertiary/aromatic N) is 2. The first kappa shape index (κ1) is 11.5. The first-order chi connectivity index (χ1) is 7.16. The molecular weight excluding hydrogens is 322 g/mol. The van der Waals surface area contributed by atoms with E-state index in [1.807, 2.05) is 12.3 Å². The van der Waals surface area contributed by atoms with Gasteiger partial charge in [0.2, 0.25) is 0 Å². The number of halogens is 2. The standard InChI is InChI=1S/C10H13Br2N3/c1-15(8-4-13-5-8)6-10-9(12)2-7(11)3-14-10/h2-3,8,13H,4-6H2,1H3. The Labute approximate surface area is 107 Å². The average Bonchev–Trinajstić information content (AvgIpc) is 2.07. The lowest BCUT2D eigenvalue weighted by Gasteiger charge is -2.35. The fourth-order valence-electron chi connectivity index (χ4n) is 1.51. The zero-order chi connectivity index (χ0) is 10.8. The molecule has 5 heteroatoms. The van der Waals surface area contributed by atoms with Crippen molar-refractivity contribution in [2.75, 3.05) is 20.1 Å². The molecule has 0 spiro atoms. The summed E-state index contributed by atoms with van der Waals surface area (Å²) in [6, 6.07) is 2.69. The maximum Gasteiger partial charge on any atom is 0.0686 e. The van der Waals surface area contributed by atoms with E-state index in [0.717, 1.165) is 34.3 Å². The van der Waals surface area contributed by atoms with Gasteiger partial charge in [0.05, 0.1) is 5.69 Å². The molecule has 1 aliphatic rings. The van der Waals surface area contributed by atoms with E-state index >= 15 is 0 Å². The molecule has 0 amide bonds. The molecule has 1 fully saturated rings. The Bertz CT molecular complexity index is 353. The molecule has 1 N–H and O–H groups in total. The maximum atomic E-state index is 4.40. The first-order valence-corrected chi connectivity index (χ1v) is 6.46. The minimum Gasteiger partial charge on any atom is -0.314 e. The Hall–Kier alpha value is 0.0300. The summed E-state index contributed by atoms with van der Waals surface area (Å²) >= 11 is 6.93. The third kappa shape index (κ3) is 2.78. The van der Waals surface area contributed by atoms with Crippen LogP contribution < -0.4 is 5.32 Å². The molecule has 0 bridgehead atoms. The van der Waals surface area contributed by atoms with Gasteiger partial charge in [0.1, 0.15) is 0 Å². The predicted octanol–water partition coefficient (Wildman–Crippen LogP) is 2.01. The molecule has 2 rings (SSSR count). The number of hydrogen-bond donors (Lipinski definition) is 1. The molecule has 1 aromatic heterocycles. The van der Waals surface area contributed by atoms with Gasteiger partial charge in [-0.15, -0.1) is 0 Å². The number of aromatic nitrogens is 1. The van der Waals surface area contributed by atoms with Crippen molar-refractivity contribution in [1.29, 1.82) is 0 Å². The van der Waals surface area contributed by atoms with Crippen molar-refractivity contribution >= 4 is 31.9 Å². The number of rotatable bonds is 3. The van der Waals surface area contributed by atoms with E-state index in [-0.39, 0.29) is 0 Å². The van der Waals surface area contributed by atoms with Crippen LogP contribution in [0.4, 0.5) is 0 Å². The van der Waals surface area contributed by atoms with E-state index in [1.165, 1.54) is 0 Å². The molecule has 15 heavy (non-hydrogen) atoms. The van der Waals surface area contributed by atoms with Crippen molar-refractivity contribution in [3.63, 3.8) is 0 Å². The van der Waals surface area contributed by atoms with Crippen LogP contribution in [0.15, 0.2) is 21.2 Å². The molecule has 0 saturated carbocycles. The van der Waals surface area contributed by atoms with Crippen molar-refractivity contribution < 1.29 is 0 Å². The van der Waals surface area contributed by atoms with Crippen molar-refractivity contribution in [2.24, 2.45) is 0 Å². The quantitative estimate of drug-likeness (QED) is 0.916. The van der Waals surface area contributed by atoms with Crippen molar-refractivity contribution in [1.82, 2.24) is 15.2 Å². The topological polar surface area (TPSA) is 28.2 Å². The summed E-state index contributed by atoms with van der Waals surface area (Å²) in [5.74, 6) is 0. The lowest BCUT2D eigenvalue weighted by molar-refractivity contribution is 0.171. The molecule has 2 heterocycles. The first-order valence-electron chi connectivity index (χ1n) is 4.87. The lowest BCUT2D eigenvalue weighted by atomic mass is 10.1. The van der Waals surface area contributed by atoms with Crippen LogP contribution in [0, 0.1) is 0 Å². The van der Waals surface area contributed by atoms with E-state index in [4.69, 9.17) is 0 Å². The van der Waals surface area contributed by atoms with E-state index in [1.54, 1.807) is 0 Å². The van der Waals surface area contributed by atoms with Crippen LogP contribution in [0.1, 0.15) is 5.69 Å². The Balaban J connectivity index is 2.03. The van der Waals surface area contributed by atoms with Gasteiger partial charge in [-0.1, -0.05) is 0 Å². The number of hydrogen-bond acceptors (Lipinski definition) is 3. The maximum absolute atomic E-state index is 4.40. The van der Waals surface area contributed by atoms with Crippen LogP contribution in [-0.2, 0) is 6.54 Å². The minimum absolute atomic E-state index is 0.655. The molecule has 1 aromatic rings. The Morgan fingerprint density at radius 3 is 2.80 bits per heavy atom. The van der Waals surface area contributed by atoms with Crippen molar-refractivity contribution in [3.8, 4) is 0 Å². The van der Waals surface area contributed by atoms with Gasteiger partial charge in [0, 0.05) is 40.8 Å². The summed E-state index contributed by atoms with van der Waals surface area (Å²) < 4.78 is 2.07. The Kier molecular flexibility index (Phi) is 3.77. The molecule has 0 aromatic carbocycles. The fourth-order valence-corrected chi connectivity index (χ4v) is 2.62. The average molecular weight is 335 g/mol. The summed E-state index contributed by atoms with van der Waals surface area (Å²) in [5, 5.41) is 3.27. The molecule has 0 atom stereocenters. The highest BCUT2D eigenvalue weighted by Crippen LogP contribution is 2.21. The molecule has 0 aliphatic carbocycles. The molecule has 3 nitrogen and oxygen atoms in total. The number of likely N-dealkylation sites (N-methyl/N-ethyl adjacent to an activating group) is 1. The summed E-state index contributed by atoms with van der Waals surface area (Å²) in [7, 11) is 2.14. The smallest absolute Gasteiger partial charge is 0.0686 e. The second-order valence-electron chi connectivity index (χ2n) is 3.81. The van der Waals surface area contributed by atoms with Crippen LogP contribution in [-0.4, -0.2) is 36.1 Å². The summed E-state index contributed by atoms with van der Waals surface area (Å²) in [5.41, 5.74) is 1.09. The van der Waals surface area contributed by atoms with Gasteiger partial charge in [-0.3, -0.25) is 9.88 Å². The SMILES string of the molecule is CN(Cc1ncc(Br)cc1Br)C1CNC1. The van der Waals surface area contributed by atoms with E-state index in [2.05, 4.69) is 54.1 Å². The summed E-state index contributed by atoms with van der Waals surface area (Å²) in [6.45, 7) is 3.06. The monoisotopic (exact) mass is 333 g/mol. The molecule has 1 aliphatic heterocycles. The van der Waals surface area contributed by atoms with Gasteiger partial charge < -0.3 is 5.32 Å². The van der Waals surface area contributed by atoms with Crippen molar-refractivity contribution in [2.45, 2.75) is 12.6 Å². The lowest BCUT2D eigenvalue weighted by Crippen LogP contribution is -2.55. The molecule has 0 unspecified atom stereocenters. The van der Waals surface area contributed by atoms with E-state index in [0.29, 0.717) is 6.04 Å². The highest BCUT2D eigenvalue weighted by atomic mass is 79.9. The second kappa shape index (κ2) is 4.91. The highest BCUT2D eigenvalue weighted by Gasteiger charge is 2.22. The fraction of sp³-hybridized carbons (Fsp3) is 0.500. The predicted molar refractivity (Wildman–Crippen MR) is 67.8 cm³/mol. The van der Waals surface area contributed by atoms with Gasteiger partial charge in [0.25, 0.3) is 0 Å².